The van der Waals surface area contributed by atoms with Gasteiger partial charge in [0.15, 0.2) is 5.78 Å². The molecule has 1 aliphatic heterocycles. The Kier molecular flexibility index (Phi) is 4.36. The molecule has 0 aliphatic carbocycles. The van der Waals surface area contributed by atoms with Crippen LogP contribution < -0.4 is 10.0 Å². The van der Waals surface area contributed by atoms with Crippen LogP contribution in [-0.4, -0.2) is 32.4 Å². The molecular weight excluding hydrogens is 316 g/mol. The van der Waals surface area contributed by atoms with E-state index in [2.05, 4.69) is 0 Å². The molecule has 1 fully saturated rings. The van der Waals surface area contributed by atoms with Crippen molar-refractivity contribution in [2.24, 2.45) is 11.1 Å². The van der Waals surface area contributed by atoms with Crippen LogP contribution >= 0.6 is 11.6 Å². The first-order chi connectivity index (χ1) is 9.67. The number of carbonyl (C=O) groups excluding carboxylic acids is 2. The Labute approximate surface area is 127 Å². The summed E-state index contributed by atoms with van der Waals surface area (Å²) in [6, 6.07) is 4.68. The molecule has 0 saturated carbocycles. The van der Waals surface area contributed by atoms with E-state index in [-0.39, 0.29) is 36.3 Å². The van der Waals surface area contributed by atoms with E-state index in [4.69, 9.17) is 16.7 Å². The Morgan fingerprint density at radius 2 is 2.14 bits per heavy atom. The summed E-state index contributed by atoms with van der Waals surface area (Å²) in [5.74, 6) is -1.07. The maximum Gasteiger partial charge on any atom is 0.227 e. The number of sulfonamides is 1. The number of hydrogen-bond acceptors (Lipinski definition) is 4. The quantitative estimate of drug-likeness (QED) is 0.838. The van der Waals surface area contributed by atoms with Crippen molar-refractivity contribution in [1.29, 1.82) is 0 Å². The fraction of sp³-hybridized carbons (Fsp3) is 0.385. The molecule has 1 heterocycles. The smallest absolute Gasteiger partial charge is 0.227 e. The van der Waals surface area contributed by atoms with Crippen LogP contribution in [0.4, 0.5) is 5.69 Å². The second kappa shape index (κ2) is 5.75. The summed E-state index contributed by atoms with van der Waals surface area (Å²) in [5.41, 5.74) is 0.793. The zero-order valence-electron chi connectivity index (χ0n) is 11.4. The van der Waals surface area contributed by atoms with Gasteiger partial charge in [0.2, 0.25) is 15.9 Å². The first kappa shape index (κ1) is 15.9. The van der Waals surface area contributed by atoms with Crippen molar-refractivity contribution in [1.82, 2.24) is 0 Å². The fourth-order valence-corrected chi connectivity index (χ4v) is 3.53. The average Bonchev–Trinajstić information content (AvgIpc) is 2.67. The van der Waals surface area contributed by atoms with Crippen LogP contribution in [-0.2, 0) is 14.8 Å². The molecule has 2 rings (SSSR count). The number of halogens is 1. The number of rotatable bonds is 4. The summed E-state index contributed by atoms with van der Waals surface area (Å²) in [6.07, 6.45) is 0.0937. The Hall–Kier alpha value is -1.44. The van der Waals surface area contributed by atoms with Crippen molar-refractivity contribution in [2.75, 3.05) is 17.2 Å². The van der Waals surface area contributed by atoms with Crippen LogP contribution in [0.3, 0.4) is 0 Å². The van der Waals surface area contributed by atoms with Crippen LogP contribution in [0.1, 0.15) is 23.7 Å². The summed E-state index contributed by atoms with van der Waals surface area (Å²) in [6.45, 7) is 1.61. The van der Waals surface area contributed by atoms with E-state index in [0.29, 0.717) is 16.3 Å². The highest BCUT2D eigenvalue weighted by Crippen LogP contribution is 2.30. The van der Waals surface area contributed by atoms with Crippen LogP contribution in [0.25, 0.3) is 0 Å². The minimum Gasteiger partial charge on any atom is -0.311 e. The summed E-state index contributed by atoms with van der Waals surface area (Å²) in [5, 5.41) is 5.41. The second-order valence-corrected chi connectivity index (χ2v) is 7.22. The first-order valence-corrected chi connectivity index (χ1v) is 8.38. The molecule has 0 bridgehead atoms. The van der Waals surface area contributed by atoms with Gasteiger partial charge in [-0.3, -0.25) is 9.59 Å². The van der Waals surface area contributed by atoms with Gasteiger partial charge in [0, 0.05) is 29.5 Å². The molecule has 2 N–H and O–H groups in total. The zero-order chi connectivity index (χ0) is 15.8. The maximum atomic E-state index is 12.1. The number of nitrogens with two attached hydrogens (primary N) is 1. The van der Waals surface area contributed by atoms with Crippen molar-refractivity contribution in [3.8, 4) is 0 Å². The van der Waals surface area contributed by atoms with Crippen LogP contribution in [0.2, 0.25) is 5.02 Å². The third-order valence-corrected chi connectivity index (χ3v) is 4.47. The molecule has 1 aromatic carbocycles. The molecule has 1 aromatic rings. The molecule has 0 spiro atoms. The summed E-state index contributed by atoms with van der Waals surface area (Å²) in [4.78, 5) is 25.2. The van der Waals surface area contributed by atoms with Gasteiger partial charge in [-0.2, -0.15) is 0 Å². The lowest BCUT2D eigenvalue weighted by Gasteiger charge is -2.19. The Bertz CT molecular complexity index is 702. The molecular formula is C13H15ClN2O4S. The number of benzene rings is 1. The predicted octanol–water partition coefficient (Wildman–Crippen LogP) is 1.18. The monoisotopic (exact) mass is 330 g/mol. The molecule has 0 aromatic heterocycles. The topological polar surface area (TPSA) is 97.5 Å². The van der Waals surface area contributed by atoms with Crippen molar-refractivity contribution in [2.45, 2.75) is 13.3 Å². The van der Waals surface area contributed by atoms with E-state index in [1.165, 1.54) is 17.9 Å². The molecule has 1 saturated heterocycles. The molecule has 21 heavy (non-hydrogen) atoms. The normalized spacial score (nSPS) is 19.1. The number of ketones is 1. The molecule has 0 radical (unpaired) electrons. The predicted molar refractivity (Wildman–Crippen MR) is 79.9 cm³/mol. The van der Waals surface area contributed by atoms with Crippen LogP contribution in [0.5, 0.6) is 0 Å². The highest BCUT2D eigenvalue weighted by molar-refractivity contribution is 7.89. The number of amides is 1. The van der Waals surface area contributed by atoms with Crippen molar-refractivity contribution in [3.05, 3.63) is 28.8 Å². The number of carbonyl (C=O) groups is 2. The third kappa shape index (κ3) is 3.81. The van der Waals surface area contributed by atoms with Gasteiger partial charge in [-0.15, -0.1) is 0 Å². The highest BCUT2D eigenvalue weighted by Gasteiger charge is 2.34. The minimum absolute atomic E-state index is 0.0937. The van der Waals surface area contributed by atoms with E-state index < -0.39 is 10.0 Å². The standard InChI is InChI=1S/C13H15ClN2O4S/c1-8(17)11-5-10(14)2-3-12(11)16-6-9(4-13(16)18)7-21(15,19)20/h2-3,5,9H,4,6-7H2,1H3,(H2,15,19,20). The Morgan fingerprint density at radius 3 is 2.71 bits per heavy atom. The van der Waals surface area contributed by atoms with Gasteiger partial charge in [0.05, 0.1) is 11.4 Å². The first-order valence-electron chi connectivity index (χ1n) is 6.28. The van der Waals surface area contributed by atoms with Crippen LogP contribution in [0, 0.1) is 5.92 Å². The second-order valence-electron chi connectivity index (χ2n) is 5.12. The SMILES string of the molecule is CC(=O)c1cc(Cl)ccc1N1CC(CS(N)(=O)=O)CC1=O. The average molecular weight is 331 g/mol. The lowest BCUT2D eigenvalue weighted by Crippen LogP contribution is -2.28. The minimum atomic E-state index is -3.64. The number of nitrogens with zero attached hydrogens (tertiary/aromatic N) is 1. The Morgan fingerprint density at radius 1 is 1.48 bits per heavy atom. The van der Waals surface area contributed by atoms with E-state index in [1.807, 2.05) is 0 Å². The van der Waals surface area contributed by atoms with Gasteiger partial charge in [-0.1, -0.05) is 11.6 Å². The molecule has 1 aliphatic rings. The van der Waals surface area contributed by atoms with E-state index in [0.717, 1.165) is 0 Å². The maximum absolute atomic E-state index is 12.1. The number of anilines is 1. The Balaban J connectivity index is 2.31. The summed E-state index contributed by atoms with van der Waals surface area (Å²) >= 11 is 5.87. The molecule has 1 atom stereocenters. The molecule has 1 unspecified atom stereocenters. The largest absolute Gasteiger partial charge is 0.311 e. The fourth-order valence-electron chi connectivity index (χ4n) is 2.48. The van der Waals surface area contributed by atoms with E-state index >= 15 is 0 Å². The van der Waals surface area contributed by atoms with Gasteiger partial charge < -0.3 is 4.90 Å². The van der Waals surface area contributed by atoms with Gasteiger partial charge >= 0.3 is 0 Å². The van der Waals surface area contributed by atoms with Crippen molar-refractivity contribution < 1.29 is 18.0 Å². The van der Waals surface area contributed by atoms with Gasteiger partial charge in [-0.05, 0) is 25.1 Å². The third-order valence-electron chi connectivity index (χ3n) is 3.30. The van der Waals surface area contributed by atoms with Gasteiger partial charge in [0.25, 0.3) is 0 Å². The molecule has 1 amide bonds. The summed E-state index contributed by atoms with van der Waals surface area (Å²) < 4.78 is 22.3. The molecule has 8 heteroatoms. The van der Waals surface area contributed by atoms with E-state index in [9.17, 15) is 18.0 Å². The lowest BCUT2D eigenvalue weighted by molar-refractivity contribution is -0.117. The van der Waals surface area contributed by atoms with Gasteiger partial charge in [-0.25, -0.2) is 13.6 Å². The molecule has 6 nitrogen and oxygen atoms in total. The highest BCUT2D eigenvalue weighted by atomic mass is 35.5. The lowest BCUT2D eigenvalue weighted by atomic mass is 10.1. The zero-order valence-corrected chi connectivity index (χ0v) is 12.9. The number of Topliss-reactive ketones (excluding diaryl/α,β-unsaturated/α-hetero) is 1. The van der Waals surface area contributed by atoms with Crippen molar-refractivity contribution >= 4 is 39.0 Å². The number of primary sulfonamides is 1. The van der Waals surface area contributed by atoms with Gasteiger partial charge in [0.1, 0.15) is 0 Å². The van der Waals surface area contributed by atoms with Crippen LogP contribution in [0.15, 0.2) is 18.2 Å². The molecule has 114 valence electrons. The summed E-state index contributed by atoms with van der Waals surface area (Å²) in [7, 11) is -3.64. The van der Waals surface area contributed by atoms with Crippen molar-refractivity contribution in [3.63, 3.8) is 0 Å². The van der Waals surface area contributed by atoms with E-state index in [1.54, 1.807) is 12.1 Å². The number of hydrogen-bond donors (Lipinski definition) is 1.